The molecule has 6 nitrogen and oxygen atoms in total. The van der Waals surface area contributed by atoms with Gasteiger partial charge in [0.05, 0.1) is 17.4 Å². The van der Waals surface area contributed by atoms with Crippen molar-refractivity contribution in [1.82, 2.24) is 14.5 Å². The van der Waals surface area contributed by atoms with Gasteiger partial charge in [-0.25, -0.2) is 14.7 Å². The normalized spacial score (nSPS) is 23.2. The molecule has 1 atom stereocenters. The molecule has 6 heteroatoms. The van der Waals surface area contributed by atoms with E-state index in [0.29, 0.717) is 12.8 Å². The highest BCUT2D eigenvalue weighted by molar-refractivity contribution is 5.97. The van der Waals surface area contributed by atoms with Gasteiger partial charge in [0.1, 0.15) is 5.54 Å². The van der Waals surface area contributed by atoms with Crippen molar-refractivity contribution >= 4 is 23.0 Å². The van der Waals surface area contributed by atoms with E-state index in [1.807, 2.05) is 24.3 Å². The number of hydrogen-bond acceptors (Lipinski definition) is 3. The number of amides is 2. The number of piperidine rings is 1. The first kappa shape index (κ1) is 12.7. The van der Waals surface area contributed by atoms with Crippen molar-refractivity contribution in [2.75, 3.05) is 6.54 Å². The Morgan fingerprint density at radius 2 is 2.15 bits per heavy atom. The van der Waals surface area contributed by atoms with E-state index in [2.05, 4.69) is 4.98 Å². The Labute approximate surface area is 115 Å². The van der Waals surface area contributed by atoms with Crippen LogP contribution >= 0.6 is 0 Å². The molecule has 3 rings (SSSR count). The average Bonchev–Trinajstić information content (AvgIpc) is 2.86. The fourth-order valence-corrected chi connectivity index (χ4v) is 2.84. The lowest BCUT2D eigenvalue weighted by Gasteiger charge is -2.38. The molecule has 0 bridgehead atoms. The van der Waals surface area contributed by atoms with Crippen LogP contribution in [0.2, 0.25) is 0 Å². The van der Waals surface area contributed by atoms with Gasteiger partial charge in [-0.1, -0.05) is 12.1 Å². The zero-order chi connectivity index (χ0) is 14.3. The number of rotatable bonds is 1. The van der Waals surface area contributed by atoms with E-state index in [0.717, 1.165) is 15.9 Å². The maximum atomic E-state index is 12.5. The van der Waals surface area contributed by atoms with Crippen molar-refractivity contribution in [3.05, 3.63) is 30.6 Å². The first-order valence-electron chi connectivity index (χ1n) is 6.51. The standard InChI is InChI=1S/C14H15N3O3/c1-14(7-4-8-16(12(14)18)13(19)20)17-9-15-10-5-2-3-6-11(10)17/h2-3,5-6,9H,4,7-8H2,1H3,(H,19,20). The van der Waals surface area contributed by atoms with Crippen LogP contribution in [-0.2, 0) is 10.3 Å². The van der Waals surface area contributed by atoms with E-state index in [1.165, 1.54) is 0 Å². The first-order valence-corrected chi connectivity index (χ1v) is 6.51. The van der Waals surface area contributed by atoms with Crippen LogP contribution in [0, 0.1) is 0 Å². The highest BCUT2D eigenvalue weighted by atomic mass is 16.4. The highest BCUT2D eigenvalue weighted by Crippen LogP contribution is 2.32. The van der Waals surface area contributed by atoms with Gasteiger partial charge in [-0.05, 0) is 31.9 Å². The second-order valence-electron chi connectivity index (χ2n) is 5.22. The Hall–Kier alpha value is -2.37. The van der Waals surface area contributed by atoms with E-state index in [-0.39, 0.29) is 12.5 Å². The number of para-hydroxylation sites is 2. The van der Waals surface area contributed by atoms with E-state index < -0.39 is 11.6 Å². The van der Waals surface area contributed by atoms with Crippen molar-refractivity contribution in [3.63, 3.8) is 0 Å². The smallest absolute Gasteiger partial charge is 0.414 e. The summed E-state index contributed by atoms with van der Waals surface area (Å²) in [6.07, 6.45) is 1.69. The second kappa shape index (κ2) is 4.33. The van der Waals surface area contributed by atoms with Crippen LogP contribution in [0.4, 0.5) is 4.79 Å². The Bertz CT molecular complexity index is 694. The van der Waals surface area contributed by atoms with Gasteiger partial charge < -0.3 is 9.67 Å². The minimum absolute atomic E-state index is 0.260. The number of carbonyl (C=O) groups is 2. The Kier molecular flexibility index (Phi) is 2.74. The summed E-state index contributed by atoms with van der Waals surface area (Å²) in [7, 11) is 0. The molecule has 0 spiro atoms. The number of nitrogens with zero attached hydrogens (tertiary/aromatic N) is 3. The quantitative estimate of drug-likeness (QED) is 0.862. The molecule has 0 saturated carbocycles. The molecule has 1 aromatic heterocycles. The largest absolute Gasteiger partial charge is 0.465 e. The zero-order valence-electron chi connectivity index (χ0n) is 11.1. The monoisotopic (exact) mass is 273 g/mol. The number of carbonyl (C=O) groups excluding carboxylic acids is 1. The number of aromatic nitrogens is 2. The van der Waals surface area contributed by atoms with Crippen LogP contribution < -0.4 is 0 Å². The highest BCUT2D eigenvalue weighted by Gasteiger charge is 2.44. The Balaban J connectivity index is 2.11. The summed E-state index contributed by atoms with van der Waals surface area (Å²) in [5.41, 5.74) is 0.747. The summed E-state index contributed by atoms with van der Waals surface area (Å²) < 4.78 is 1.79. The van der Waals surface area contributed by atoms with Crippen LogP contribution in [-0.4, -0.2) is 38.1 Å². The third-order valence-corrected chi connectivity index (χ3v) is 3.97. The fourth-order valence-electron chi connectivity index (χ4n) is 2.84. The SMILES string of the molecule is CC1(n2cnc3ccccc32)CCCN(C(=O)O)C1=O. The number of hydrogen-bond donors (Lipinski definition) is 1. The Morgan fingerprint density at radius 3 is 2.90 bits per heavy atom. The van der Waals surface area contributed by atoms with E-state index in [4.69, 9.17) is 5.11 Å². The molecule has 1 N–H and O–H groups in total. The third-order valence-electron chi connectivity index (χ3n) is 3.97. The van der Waals surface area contributed by atoms with Crippen LogP contribution in [0.15, 0.2) is 30.6 Å². The van der Waals surface area contributed by atoms with Crippen LogP contribution in [0.5, 0.6) is 0 Å². The lowest BCUT2D eigenvalue weighted by molar-refractivity contribution is -0.141. The van der Waals surface area contributed by atoms with Gasteiger partial charge in [0.15, 0.2) is 0 Å². The number of imidazole rings is 1. The first-order chi connectivity index (χ1) is 9.54. The van der Waals surface area contributed by atoms with Gasteiger partial charge in [-0.2, -0.15) is 0 Å². The van der Waals surface area contributed by atoms with Crippen LogP contribution in [0.3, 0.4) is 0 Å². The molecule has 1 aliphatic heterocycles. The number of fused-ring (bicyclic) bond motifs is 1. The average molecular weight is 273 g/mol. The summed E-state index contributed by atoms with van der Waals surface area (Å²) in [5.74, 6) is -0.389. The Morgan fingerprint density at radius 1 is 1.40 bits per heavy atom. The van der Waals surface area contributed by atoms with Crippen molar-refractivity contribution in [2.24, 2.45) is 0 Å². The molecule has 0 aliphatic carbocycles. The van der Waals surface area contributed by atoms with E-state index in [9.17, 15) is 9.59 Å². The molecule has 1 aliphatic rings. The number of benzene rings is 1. The molecule has 2 amide bonds. The minimum Gasteiger partial charge on any atom is -0.465 e. The molecule has 20 heavy (non-hydrogen) atoms. The number of carboxylic acid groups (broad SMARTS) is 1. The molecule has 1 fully saturated rings. The van der Waals surface area contributed by atoms with Crippen molar-refractivity contribution < 1.29 is 14.7 Å². The maximum Gasteiger partial charge on any atom is 0.414 e. The molecule has 1 saturated heterocycles. The van der Waals surface area contributed by atoms with Crippen molar-refractivity contribution in [3.8, 4) is 0 Å². The summed E-state index contributed by atoms with van der Waals surface area (Å²) >= 11 is 0. The molecular formula is C14H15N3O3. The zero-order valence-corrected chi connectivity index (χ0v) is 11.1. The lowest BCUT2D eigenvalue weighted by Crippen LogP contribution is -2.54. The van der Waals surface area contributed by atoms with Crippen molar-refractivity contribution in [1.29, 1.82) is 0 Å². The summed E-state index contributed by atoms with van der Waals surface area (Å²) in [4.78, 5) is 28.9. The fraction of sp³-hybridized carbons (Fsp3) is 0.357. The number of imide groups is 1. The van der Waals surface area contributed by atoms with Gasteiger partial charge in [-0.15, -0.1) is 0 Å². The maximum absolute atomic E-state index is 12.5. The molecule has 1 aromatic carbocycles. The summed E-state index contributed by atoms with van der Waals surface area (Å²) in [6, 6.07) is 7.53. The van der Waals surface area contributed by atoms with Crippen molar-refractivity contribution in [2.45, 2.75) is 25.3 Å². The summed E-state index contributed by atoms with van der Waals surface area (Å²) in [6.45, 7) is 2.04. The van der Waals surface area contributed by atoms with Gasteiger partial charge in [0, 0.05) is 6.54 Å². The molecule has 2 aromatic rings. The van der Waals surface area contributed by atoms with Crippen LogP contribution in [0.1, 0.15) is 19.8 Å². The predicted molar refractivity (Wildman–Crippen MR) is 72.4 cm³/mol. The molecule has 2 heterocycles. The van der Waals surface area contributed by atoms with E-state index in [1.54, 1.807) is 17.8 Å². The molecule has 1 unspecified atom stereocenters. The van der Waals surface area contributed by atoms with Crippen LogP contribution in [0.25, 0.3) is 11.0 Å². The van der Waals surface area contributed by atoms with Gasteiger partial charge in [0.25, 0.3) is 5.91 Å². The number of likely N-dealkylation sites (tertiary alicyclic amines) is 1. The molecule has 104 valence electrons. The lowest BCUT2D eigenvalue weighted by atomic mass is 9.89. The topological polar surface area (TPSA) is 75.4 Å². The predicted octanol–water partition coefficient (Wildman–Crippen LogP) is 2.05. The van der Waals surface area contributed by atoms with Gasteiger partial charge in [-0.3, -0.25) is 4.79 Å². The van der Waals surface area contributed by atoms with E-state index >= 15 is 0 Å². The molecule has 0 radical (unpaired) electrons. The third kappa shape index (κ3) is 1.68. The second-order valence-corrected chi connectivity index (χ2v) is 5.22. The minimum atomic E-state index is -1.19. The summed E-state index contributed by atoms with van der Waals surface area (Å²) in [5, 5.41) is 9.13. The van der Waals surface area contributed by atoms with Gasteiger partial charge >= 0.3 is 6.09 Å². The molecular weight excluding hydrogens is 258 g/mol. The van der Waals surface area contributed by atoms with Gasteiger partial charge in [0.2, 0.25) is 0 Å².